The minimum atomic E-state index is -0.269. The van der Waals surface area contributed by atoms with Crippen molar-refractivity contribution in [3.8, 4) is 5.75 Å². The number of aromatic nitrogens is 2. The number of nitrogens with one attached hydrogen (secondary N) is 2. The summed E-state index contributed by atoms with van der Waals surface area (Å²) >= 11 is 1.41. The van der Waals surface area contributed by atoms with Gasteiger partial charge in [-0.15, -0.1) is 0 Å². The Balaban J connectivity index is 1.34. The van der Waals surface area contributed by atoms with Gasteiger partial charge < -0.3 is 15.0 Å². The number of carbonyl (C=O) groups excluding carboxylic acids is 1. The molecule has 0 saturated heterocycles. The van der Waals surface area contributed by atoms with E-state index in [9.17, 15) is 9.59 Å². The highest BCUT2D eigenvalue weighted by molar-refractivity contribution is 7.98. The van der Waals surface area contributed by atoms with E-state index in [2.05, 4.69) is 39.6 Å². The van der Waals surface area contributed by atoms with Gasteiger partial charge in [0.05, 0.1) is 19.2 Å². The summed E-state index contributed by atoms with van der Waals surface area (Å²) in [6.45, 7) is 0.522. The van der Waals surface area contributed by atoms with Crippen molar-refractivity contribution in [3.63, 3.8) is 0 Å². The van der Waals surface area contributed by atoms with Gasteiger partial charge in [0, 0.05) is 24.3 Å². The van der Waals surface area contributed by atoms with Gasteiger partial charge in [0.2, 0.25) is 5.91 Å². The highest BCUT2D eigenvalue weighted by atomic mass is 32.2. The minimum absolute atomic E-state index is 0.0536. The van der Waals surface area contributed by atoms with Crippen LogP contribution >= 0.6 is 11.8 Å². The van der Waals surface area contributed by atoms with E-state index in [-0.39, 0.29) is 23.8 Å². The Hall–Kier alpha value is -3.84. The molecule has 0 radical (unpaired) electrons. The molecule has 0 aliphatic carbocycles. The van der Waals surface area contributed by atoms with E-state index in [4.69, 9.17) is 4.74 Å². The van der Waals surface area contributed by atoms with Gasteiger partial charge in [-0.3, -0.25) is 9.59 Å². The number of amides is 1. The van der Waals surface area contributed by atoms with Crippen LogP contribution in [0, 0.1) is 0 Å². The van der Waals surface area contributed by atoms with Crippen molar-refractivity contribution in [1.29, 1.82) is 0 Å². The van der Waals surface area contributed by atoms with Gasteiger partial charge >= 0.3 is 0 Å². The van der Waals surface area contributed by atoms with Crippen LogP contribution in [-0.4, -0.2) is 29.5 Å². The largest absolute Gasteiger partial charge is 0.497 e. The first-order valence-corrected chi connectivity index (χ1v) is 12.8. The third kappa shape index (κ3) is 7.33. The van der Waals surface area contributed by atoms with Crippen LogP contribution in [0.4, 0.5) is 0 Å². The molecule has 7 heteroatoms. The third-order valence-corrected chi connectivity index (χ3v) is 6.73. The normalized spacial score (nSPS) is 10.8. The quantitative estimate of drug-likeness (QED) is 0.225. The molecular weight excluding hydrogens is 470 g/mol. The number of hydrogen-bond acceptors (Lipinski definition) is 5. The Kier molecular flexibility index (Phi) is 8.94. The lowest BCUT2D eigenvalue weighted by Gasteiger charge is -2.18. The molecule has 0 unspecified atom stereocenters. The van der Waals surface area contributed by atoms with Crippen molar-refractivity contribution >= 4 is 17.7 Å². The van der Waals surface area contributed by atoms with Crippen molar-refractivity contribution in [1.82, 2.24) is 15.3 Å². The van der Waals surface area contributed by atoms with E-state index >= 15 is 0 Å². The number of methoxy groups -OCH3 is 1. The second-order valence-corrected chi connectivity index (χ2v) is 9.34. The van der Waals surface area contributed by atoms with Crippen LogP contribution in [0.15, 0.2) is 101 Å². The first-order chi connectivity index (χ1) is 17.6. The van der Waals surface area contributed by atoms with Crippen LogP contribution in [0.25, 0.3) is 0 Å². The molecular formula is C29H29N3O3S. The van der Waals surface area contributed by atoms with Gasteiger partial charge in [0.1, 0.15) is 5.75 Å². The van der Waals surface area contributed by atoms with E-state index < -0.39 is 0 Å². The first-order valence-electron chi connectivity index (χ1n) is 11.8. The third-order valence-electron chi connectivity index (χ3n) is 5.78. The van der Waals surface area contributed by atoms with Crippen LogP contribution in [-0.2, 0) is 17.0 Å². The zero-order valence-corrected chi connectivity index (χ0v) is 21.0. The standard InChI is InChI=1S/C29H29N3O3S/c1-35-25-14-8-9-21(17-25)20-36-29-31-24(19-28(34)32-29)18-27(33)30-16-15-26(22-10-4-2-5-11-22)23-12-6-3-7-13-23/h2-14,17,19,26H,15-16,18,20H2,1H3,(H,30,33)(H,31,32,34). The van der Waals surface area contributed by atoms with Gasteiger partial charge in [-0.1, -0.05) is 84.6 Å². The van der Waals surface area contributed by atoms with E-state index in [0.717, 1.165) is 17.7 Å². The van der Waals surface area contributed by atoms with Crippen molar-refractivity contribution in [2.45, 2.75) is 29.7 Å². The maximum Gasteiger partial charge on any atom is 0.251 e. The maximum absolute atomic E-state index is 12.7. The summed E-state index contributed by atoms with van der Waals surface area (Å²) in [7, 11) is 1.63. The molecule has 0 aliphatic rings. The Bertz CT molecular complexity index is 1290. The van der Waals surface area contributed by atoms with E-state index in [0.29, 0.717) is 23.1 Å². The summed E-state index contributed by atoms with van der Waals surface area (Å²) in [5.74, 6) is 1.43. The van der Waals surface area contributed by atoms with Gasteiger partial charge in [-0.2, -0.15) is 0 Å². The van der Waals surface area contributed by atoms with Gasteiger partial charge in [-0.05, 0) is 35.2 Å². The van der Waals surface area contributed by atoms with Crippen LogP contribution in [0.2, 0.25) is 0 Å². The van der Waals surface area contributed by atoms with Crippen molar-refractivity contribution in [3.05, 3.63) is 124 Å². The summed E-state index contributed by atoms with van der Waals surface area (Å²) < 4.78 is 5.26. The number of carbonyl (C=O) groups is 1. The first kappa shape index (κ1) is 25.3. The van der Waals surface area contributed by atoms with Crippen LogP contribution < -0.4 is 15.6 Å². The fraction of sp³-hybridized carbons (Fsp3) is 0.207. The number of hydrogen-bond donors (Lipinski definition) is 2. The number of rotatable bonds is 11. The average molecular weight is 500 g/mol. The summed E-state index contributed by atoms with van der Waals surface area (Å²) in [6.07, 6.45) is 0.822. The topological polar surface area (TPSA) is 84.1 Å². The van der Waals surface area contributed by atoms with Crippen LogP contribution in [0.5, 0.6) is 5.75 Å². The summed E-state index contributed by atoms with van der Waals surface area (Å²) in [4.78, 5) is 32.0. The molecule has 0 spiro atoms. The second kappa shape index (κ2) is 12.7. The minimum Gasteiger partial charge on any atom is -0.497 e. The summed E-state index contributed by atoms with van der Waals surface area (Å²) in [6, 6.07) is 29.7. The Morgan fingerprint density at radius 1 is 0.972 bits per heavy atom. The number of nitrogens with zero attached hydrogens (tertiary/aromatic N) is 1. The molecule has 4 aromatic rings. The molecule has 0 aliphatic heterocycles. The summed E-state index contributed by atoms with van der Waals surface area (Å²) in [5.41, 5.74) is 3.66. The number of benzene rings is 3. The lowest BCUT2D eigenvalue weighted by Crippen LogP contribution is -2.28. The number of thioether (sulfide) groups is 1. The molecule has 4 rings (SSSR count). The monoisotopic (exact) mass is 499 g/mol. The van der Waals surface area contributed by atoms with Crippen LogP contribution in [0.3, 0.4) is 0 Å². The number of H-pyrrole nitrogens is 1. The Labute approximate surface area is 215 Å². The molecule has 0 saturated carbocycles. The molecule has 1 aromatic heterocycles. The Morgan fingerprint density at radius 2 is 1.67 bits per heavy atom. The summed E-state index contributed by atoms with van der Waals surface area (Å²) in [5, 5.41) is 3.49. The number of aromatic amines is 1. The zero-order chi connectivity index (χ0) is 25.2. The fourth-order valence-corrected chi connectivity index (χ4v) is 4.87. The van der Waals surface area contributed by atoms with Crippen molar-refractivity contribution in [2.75, 3.05) is 13.7 Å². The number of ether oxygens (including phenoxy) is 1. The van der Waals surface area contributed by atoms with Crippen LogP contribution in [0.1, 0.15) is 34.7 Å². The molecule has 0 atom stereocenters. The molecule has 2 N–H and O–H groups in total. The SMILES string of the molecule is COc1cccc(CSc2nc(CC(=O)NCCC(c3ccccc3)c3ccccc3)cc(=O)[nH]2)c1. The zero-order valence-electron chi connectivity index (χ0n) is 20.1. The van der Waals surface area contributed by atoms with E-state index in [1.54, 1.807) is 7.11 Å². The second-order valence-electron chi connectivity index (χ2n) is 8.37. The average Bonchev–Trinajstić information content (AvgIpc) is 2.91. The molecule has 184 valence electrons. The smallest absolute Gasteiger partial charge is 0.251 e. The molecule has 1 heterocycles. The predicted molar refractivity (Wildman–Crippen MR) is 143 cm³/mol. The van der Waals surface area contributed by atoms with Gasteiger partial charge in [-0.25, -0.2) is 4.98 Å². The van der Waals surface area contributed by atoms with E-state index in [1.165, 1.54) is 29.0 Å². The molecule has 6 nitrogen and oxygen atoms in total. The molecule has 0 fully saturated rings. The lowest BCUT2D eigenvalue weighted by molar-refractivity contribution is -0.120. The van der Waals surface area contributed by atoms with Gasteiger partial charge in [0.15, 0.2) is 5.16 Å². The Morgan fingerprint density at radius 3 is 2.33 bits per heavy atom. The molecule has 36 heavy (non-hydrogen) atoms. The fourth-order valence-electron chi connectivity index (χ4n) is 4.04. The molecule has 0 bridgehead atoms. The van der Waals surface area contributed by atoms with Crippen molar-refractivity contribution < 1.29 is 9.53 Å². The van der Waals surface area contributed by atoms with E-state index in [1.807, 2.05) is 60.7 Å². The molecule has 1 amide bonds. The highest BCUT2D eigenvalue weighted by Crippen LogP contribution is 2.27. The predicted octanol–water partition coefficient (Wildman–Crippen LogP) is 4.95. The molecule has 3 aromatic carbocycles. The maximum atomic E-state index is 12.7. The van der Waals surface area contributed by atoms with Crippen molar-refractivity contribution in [2.24, 2.45) is 0 Å². The van der Waals surface area contributed by atoms with Gasteiger partial charge in [0.25, 0.3) is 5.56 Å². The highest BCUT2D eigenvalue weighted by Gasteiger charge is 2.15. The lowest BCUT2D eigenvalue weighted by atomic mass is 9.88.